The van der Waals surface area contributed by atoms with E-state index < -0.39 is 7.82 Å². The van der Waals surface area contributed by atoms with E-state index in [4.69, 9.17) is 13.6 Å². The van der Waals surface area contributed by atoms with Crippen LogP contribution in [0.1, 0.15) is 290 Å². The molecule has 0 unspecified atom stereocenters. The summed E-state index contributed by atoms with van der Waals surface area (Å²) >= 11 is 0. The van der Waals surface area contributed by atoms with E-state index in [2.05, 4.69) is 32.9 Å². The Morgan fingerprint density at radius 3 is 0.673 bits per heavy atom. The van der Waals surface area contributed by atoms with Crippen LogP contribution >= 0.6 is 7.82 Å². The van der Waals surface area contributed by atoms with Crippen LogP contribution < -0.4 is 0 Å². The van der Waals surface area contributed by atoms with Crippen molar-refractivity contribution in [3.8, 4) is 0 Å². The molecule has 0 atom stereocenters. The maximum atomic E-state index is 13.6. The fourth-order valence-electron chi connectivity index (χ4n) is 7.58. The summed E-state index contributed by atoms with van der Waals surface area (Å²) in [5.74, 6) is 0. The summed E-state index contributed by atoms with van der Waals surface area (Å²) in [4.78, 5) is 0. The van der Waals surface area contributed by atoms with Crippen LogP contribution in [0.15, 0.2) is 12.2 Å². The maximum Gasteiger partial charge on any atom is 0.474 e. The third kappa shape index (κ3) is 46.4. The first-order valence-electron chi connectivity index (χ1n) is 25.4. The molecule has 0 aromatic carbocycles. The molecule has 55 heavy (non-hydrogen) atoms. The fraction of sp³-hybridized carbons (Fsp3) is 0.960. The minimum Gasteiger partial charge on any atom is -0.287 e. The van der Waals surface area contributed by atoms with E-state index in [0.29, 0.717) is 19.8 Å². The Labute approximate surface area is 347 Å². The largest absolute Gasteiger partial charge is 0.474 e. The molecule has 0 saturated carbocycles. The molecule has 0 bridgehead atoms. The van der Waals surface area contributed by atoms with Crippen LogP contribution in [0.3, 0.4) is 0 Å². The number of unbranched alkanes of at least 4 members (excludes halogenated alkanes) is 38. The van der Waals surface area contributed by atoms with Gasteiger partial charge in [-0.15, -0.1) is 0 Å². The van der Waals surface area contributed by atoms with E-state index >= 15 is 0 Å². The van der Waals surface area contributed by atoms with Crippen molar-refractivity contribution in [3.05, 3.63) is 12.2 Å². The molecule has 0 aliphatic rings. The number of rotatable bonds is 49. The Balaban J connectivity index is 4.11. The molecular weight excluding hydrogens is 696 g/mol. The lowest BCUT2D eigenvalue weighted by molar-refractivity contribution is 0.108. The fourth-order valence-corrected chi connectivity index (χ4v) is 8.87. The number of phosphoric ester groups is 1. The van der Waals surface area contributed by atoms with Crippen molar-refractivity contribution in [2.24, 2.45) is 0 Å². The van der Waals surface area contributed by atoms with Crippen molar-refractivity contribution >= 4 is 7.82 Å². The Morgan fingerprint density at radius 2 is 0.455 bits per heavy atom. The van der Waals surface area contributed by atoms with Gasteiger partial charge in [-0.1, -0.05) is 258 Å². The van der Waals surface area contributed by atoms with Crippen molar-refractivity contribution in [2.75, 3.05) is 19.8 Å². The van der Waals surface area contributed by atoms with Gasteiger partial charge in [0.25, 0.3) is 0 Å². The predicted octanol–water partition coefficient (Wildman–Crippen LogP) is 19.1. The van der Waals surface area contributed by atoms with E-state index in [1.165, 1.54) is 231 Å². The number of hydrogen-bond acceptors (Lipinski definition) is 4. The van der Waals surface area contributed by atoms with Crippen LogP contribution in [0.5, 0.6) is 0 Å². The number of phosphoric acid groups is 1. The zero-order valence-electron chi connectivity index (χ0n) is 38.1. The lowest BCUT2D eigenvalue weighted by atomic mass is 10.0. The first-order chi connectivity index (χ1) is 27.2. The van der Waals surface area contributed by atoms with Gasteiger partial charge in [-0.3, -0.25) is 13.6 Å². The van der Waals surface area contributed by atoms with Gasteiger partial charge in [-0.25, -0.2) is 4.57 Å². The van der Waals surface area contributed by atoms with Crippen LogP contribution in [0.4, 0.5) is 0 Å². The van der Waals surface area contributed by atoms with E-state index in [1.54, 1.807) is 0 Å². The molecule has 0 fully saturated rings. The van der Waals surface area contributed by atoms with Crippen molar-refractivity contribution in [1.29, 1.82) is 0 Å². The van der Waals surface area contributed by atoms with E-state index in [9.17, 15) is 4.57 Å². The van der Waals surface area contributed by atoms with Gasteiger partial charge >= 0.3 is 7.82 Å². The summed E-state index contributed by atoms with van der Waals surface area (Å²) in [6, 6.07) is 0. The quantitative estimate of drug-likeness (QED) is 0.0349. The maximum absolute atomic E-state index is 13.6. The first-order valence-corrected chi connectivity index (χ1v) is 26.8. The Hall–Kier alpha value is -0.150. The summed E-state index contributed by atoms with van der Waals surface area (Å²) in [6.07, 6.45) is 59.8. The zero-order valence-corrected chi connectivity index (χ0v) is 38.9. The third-order valence-electron chi connectivity index (χ3n) is 11.4. The minimum absolute atomic E-state index is 0.468. The highest BCUT2D eigenvalue weighted by Gasteiger charge is 2.26. The molecule has 0 radical (unpaired) electrons. The SMILES string of the molecule is CCCCCCCC/C=C\CCCCCCCCOP(=O)(OCCCCCCCCCCCCCCCC)OCCCCCCCCCCCCCCCC. The van der Waals surface area contributed by atoms with Crippen LogP contribution in [0.25, 0.3) is 0 Å². The van der Waals surface area contributed by atoms with Gasteiger partial charge < -0.3 is 0 Å². The highest BCUT2D eigenvalue weighted by Crippen LogP contribution is 2.50. The molecule has 0 saturated heterocycles. The second-order valence-electron chi connectivity index (χ2n) is 17.1. The number of hydrogen-bond donors (Lipinski definition) is 0. The van der Waals surface area contributed by atoms with Gasteiger partial charge in [0.2, 0.25) is 0 Å². The van der Waals surface area contributed by atoms with Crippen LogP contribution in [0, 0.1) is 0 Å². The van der Waals surface area contributed by atoms with Gasteiger partial charge in [-0.2, -0.15) is 0 Å². The van der Waals surface area contributed by atoms with Crippen LogP contribution in [-0.4, -0.2) is 19.8 Å². The van der Waals surface area contributed by atoms with Crippen molar-refractivity contribution < 1.29 is 18.1 Å². The summed E-state index contributed by atoms with van der Waals surface area (Å²) in [7, 11) is -3.49. The first kappa shape index (κ1) is 54.9. The van der Waals surface area contributed by atoms with E-state index in [0.717, 1.165) is 38.5 Å². The molecule has 0 aromatic heterocycles. The zero-order chi connectivity index (χ0) is 39.9. The minimum atomic E-state index is -3.49. The molecule has 5 heteroatoms. The average molecular weight is 797 g/mol. The summed E-state index contributed by atoms with van der Waals surface area (Å²) in [5, 5.41) is 0. The van der Waals surface area contributed by atoms with Gasteiger partial charge in [0, 0.05) is 0 Å². The predicted molar refractivity (Wildman–Crippen MR) is 246 cm³/mol. The molecule has 0 aromatic rings. The number of allylic oxidation sites excluding steroid dienone is 2. The Kier molecular flexibility index (Phi) is 48.1. The molecule has 0 rings (SSSR count). The Bertz CT molecular complexity index is 733. The molecule has 0 amide bonds. The lowest BCUT2D eigenvalue weighted by Gasteiger charge is -2.18. The molecule has 0 aliphatic heterocycles. The lowest BCUT2D eigenvalue weighted by Crippen LogP contribution is -2.04. The van der Waals surface area contributed by atoms with Gasteiger partial charge in [0.05, 0.1) is 19.8 Å². The van der Waals surface area contributed by atoms with Gasteiger partial charge in [0.1, 0.15) is 0 Å². The van der Waals surface area contributed by atoms with E-state index in [1.807, 2.05) is 0 Å². The van der Waals surface area contributed by atoms with Crippen LogP contribution in [-0.2, 0) is 18.1 Å². The second kappa shape index (κ2) is 48.2. The monoisotopic (exact) mass is 797 g/mol. The van der Waals surface area contributed by atoms with Gasteiger partial charge in [0.15, 0.2) is 0 Å². The third-order valence-corrected chi connectivity index (χ3v) is 12.9. The van der Waals surface area contributed by atoms with Crippen LogP contribution in [0.2, 0.25) is 0 Å². The average Bonchev–Trinajstić information content (AvgIpc) is 3.19. The standard InChI is InChI=1S/C50H101O4P/c1-4-7-10-13-16-19-22-25-28-29-32-35-38-41-44-47-50-54-55(51,52-48-45-42-39-36-33-30-26-23-20-17-14-11-8-5-2)53-49-46-43-40-37-34-31-27-24-21-18-15-12-9-6-3/h25,28H,4-24,26-27,29-50H2,1-3H3/b28-25-. The Morgan fingerprint density at radius 1 is 0.273 bits per heavy atom. The summed E-state index contributed by atoms with van der Waals surface area (Å²) < 4.78 is 31.2. The smallest absolute Gasteiger partial charge is 0.287 e. The van der Waals surface area contributed by atoms with Crippen molar-refractivity contribution in [3.63, 3.8) is 0 Å². The molecule has 0 N–H and O–H groups in total. The molecule has 0 spiro atoms. The molecular formula is C50H101O4P. The molecule has 330 valence electrons. The molecule has 0 aliphatic carbocycles. The van der Waals surface area contributed by atoms with E-state index in [-0.39, 0.29) is 0 Å². The normalized spacial score (nSPS) is 12.1. The van der Waals surface area contributed by atoms with Crippen molar-refractivity contribution in [2.45, 2.75) is 290 Å². The highest BCUT2D eigenvalue weighted by molar-refractivity contribution is 7.48. The van der Waals surface area contributed by atoms with Gasteiger partial charge in [-0.05, 0) is 44.9 Å². The second-order valence-corrected chi connectivity index (χ2v) is 18.7. The summed E-state index contributed by atoms with van der Waals surface area (Å²) in [6.45, 7) is 8.28. The topological polar surface area (TPSA) is 44.8 Å². The highest BCUT2D eigenvalue weighted by atomic mass is 31.2. The van der Waals surface area contributed by atoms with Crippen molar-refractivity contribution in [1.82, 2.24) is 0 Å². The molecule has 0 heterocycles. The molecule has 4 nitrogen and oxygen atoms in total. The summed E-state index contributed by atoms with van der Waals surface area (Å²) in [5.41, 5.74) is 0.